The number of carbonyl (C=O) groups is 2. The van der Waals surface area contributed by atoms with Gasteiger partial charge in [0.05, 0.1) is 0 Å². The van der Waals surface area contributed by atoms with Crippen LogP contribution in [0, 0.1) is 0 Å². The van der Waals surface area contributed by atoms with Crippen LogP contribution in [0.25, 0.3) is 0 Å². The Bertz CT molecular complexity index is 213. The van der Waals surface area contributed by atoms with Crippen molar-refractivity contribution in [3.05, 3.63) is 0 Å². The fourth-order valence-corrected chi connectivity index (χ4v) is 2.12. The van der Waals surface area contributed by atoms with Crippen molar-refractivity contribution in [3.63, 3.8) is 0 Å². The summed E-state index contributed by atoms with van der Waals surface area (Å²) in [6, 6.07) is 0. The maximum Gasteiger partial charge on any atom is 0.164 e. The number of hydrogen-bond acceptors (Lipinski definition) is 3. The highest BCUT2D eigenvalue weighted by molar-refractivity contribution is 5.88. The van der Waals surface area contributed by atoms with E-state index in [1.165, 1.54) is 0 Å². The number of ether oxygens (including phenoxy) is 1. The SMILES string of the molecule is CO[C@]1(CCCC=O)CCCCC1=O. The van der Waals surface area contributed by atoms with Gasteiger partial charge in [0.25, 0.3) is 0 Å². The first-order valence-electron chi connectivity index (χ1n) is 5.27. The van der Waals surface area contributed by atoms with Crippen LogP contribution >= 0.6 is 0 Å². The molecule has 80 valence electrons. The normalized spacial score (nSPS) is 27.6. The lowest BCUT2D eigenvalue weighted by atomic mass is 9.80. The minimum absolute atomic E-state index is 0.220. The van der Waals surface area contributed by atoms with Crippen molar-refractivity contribution >= 4 is 12.1 Å². The second kappa shape index (κ2) is 5.25. The zero-order valence-electron chi connectivity index (χ0n) is 8.75. The zero-order chi connectivity index (χ0) is 10.4. The van der Waals surface area contributed by atoms with Gasteiger partial charge < -0.3 is 9.53 Å². The van der Waals surface area contributed by atoms with E-state index in [4.69, 9.17) is 4.74 Å². The Kier molecular flexibility index (Phi) is 4.26. The van der Waals surface area contributed by atoms with Gasteiger partial charge in [0, 0.05) is 20.0 Å². The molecule has 0 aromatic heterocycles. The third-order valence-electron chi connectivity index (χ3n) is 3.04. The smallest absolute Gasteiger partial charge is 0.164 e. The highest BCUT2D eigenvalue weighted by Gasteiger charge is 2.38. The number of aldehydes is 1. The van der Waals surface area contributed by atoms with E-state index in [1.54, 1.807) is 7.11 Å². The van der Waals surface area contributed by atoms with Crippen LogP contribution in [0.4, 0.5) is 0 Å². The number of carbonyl (C=O) groups excluding carboxylic acids is 2. The van der Waals surface area contributed by atoms with Crippen molar-refractivity contribution in [1.82, 2.24) is 0 Å². The molecule has 0 amide bonds. The molecule has 0 radical (unpaired) electrons. The predicted molar refractivity (Wildman–Crippen MR) is 53.1 cm³/mol. The topological polar surface area (TPSA) is 43.4 Å². The Morgan fingerprint density at radius 2 is 2.29 bits per heavy atom. The van der Waals surface area contributed by atoms with Gasteiger partial charge in [-0.25, -0.2) is 0 Å². The Labute approximate surface area is 84.8 Å². The summed E-state index contributed by atoms with van der Waals surface area (Å²) in [5.41, 5.74) is -0.568. The molecule has 1 fully saturated rings. The van der Waals surface area contributed by atoms with E-state index in [-0.39, 0.29) is 5.78 Å². The second-order valence-corrected chi connectivity index (χ2v) is 3.89. The molecular weight excluding hydrogens is 180 g/mol. The van der Waals surface area contributed by atoms with Gasteiger partial charge in [0.15, 0.2) is 5.78 Å². The van der Waals surface area contributed by atoms with Crippen LogP contribution in [0.1, 0.15) is 44.9 Å². The molecule has 3 nitrogen and oxygen atoms in total. The Morgan fingerprint density at radius 1 is 1.50 bits per heavy atom. The van der Waals surface area contributed by atoms with Gasteiger partial charge >= 0.3 is 0 Å². The summed E-state index contributed by atoms with van der Waals surface area (Å²) in [4.78, 5) is 21.9. The van der Waals surface area contributed by atoms with E-state index in [1.807, 2.05) is 0 Å². The lowest BCUT2D eigenvalue weighted by Gasteiger charge is -2.34. The Balaban J connectivity index is 2.53. The van der Waals surface area contributed by atoms with Gasteiger partial charge in [-0.2, -0.15) is 0 Å². The van der Waals surface area contributed by atoms with Crippen LogP contribution in [0.15, 0.2) is 0 Å². The minimum atomic E-state index is -0.568. The van der Waals surface area contributed by atoms with Gasteiger partial charge in [-0.15, -0.1) is 0 Å². The van der Waals surface area contributed by atoms with Crippen LogP contribution in [-0.4, -0.2) is 24.8 Å². The Hall–Kier alpha value is -0.700. The number of Topliss-reactive ketones (excluding diaryl/α,β-unsaturated/α-hetero) is 1. The molecule has 1 atom stereocenters. The number of methoxy groups -OCH3 is 1. The lowest BCUT2D eigenvalue weighted by molar-refractivity contribution is -0.146. The minimum Gasteiger partial charge on any atom is -0.370 e. The highest BCUT2D eigenvalue weighted by Crippen LogP contribution is 2.32. The van der Waals surface area contributed by atoms with Crippen molar-refractivity contribution in [2.45, 2.75) is 50.5 Å². The fourth-order valence-electron chi connectivity index (χ4n) is 2.12. The van der Waals surface area contributed by atoms with Crippen molar-refractivity contribution in [1.29, 1.82) is 0 Å². The molecule has 0 bridgehead atoms. The summed E-state index contributed by atoms with van der Waals surface area (Å²) in [5, 5.41) is 0. The first-order chi connectivity index (χ1) is 6.75. The molecular formula is C11H18O3. The number of ketones is 1. The molecule has 3 heteroatoms. The van der Waals surface area contributed by atoms with Gasteiger partial charge in [-0.05, 0) is 32.1 Å². The van der Waals surface area contributed by atoms with E-state index in [0.29, 0.717) is 19.3 Å². The number of hydrogen-bond donors (Lipinski definition) is 0. The largest absolute Gasteiger partial charge is 0.370 e. The van der Waals surface area contributed by atoms with Crippen LogP contribution in [0.3, 0.4) is 0 Å². The monoisotopic (exact) mass is 198 g/mol. The van der Waals surface area contributed by atoms with Crippen LogP contribution in [0.5, 0.6) is 0 Å². The maximum absolute atomic E-state index is 11.7. The van der Waals surface area contributed by atoms with Gasteiger partial charge in [0.1, 0.15) is 11.9 Å². The van der Waals surface area contributed by atoms with Crippen molar-refractivity contribution < 1.29 is 14.3 Å². The molecule has 1 rings (SSSR count). The second-order valence-electron chi connectivity index (χ2n) is 3.89. The molecule has 1 aliphatic carbocycles. The highest BCUT2D eigenvalue weighted by atomic mass is 16.5. The van der Waals surface area contributed by atoms with Crippen molar-refractivity contribution in [2.24, 2.45) is 0 Å². The summed E-state index contributed by atoms with van der Waals surface area (Å²) >= 11 is 0. The Morgan fingerprint density at radius 3 is 2.86 bits per heavy atom. The summed E-state index contributed by atoms with van der Waals surface area (Å²) in [6.45, 7) is 0. The maximum atomic E-state index is 11.7. The molecule has 0 saturated heterocycles. The molecule has 0 unspecified atom stereocenters. The molecule has 14 heavy (non-hydrogen) atoms. The molecule has 1 saturated carbocycles. The van der Waals surface area contributed by atoms with Crippen molar-refractivity contribution in [3.8, 4) is 0 Å². The average Bonchev–Trinajstić information content (AvgIpc) is 2.21. The van der Waals surface area contributed by atoms with E-state index >= 15 is 0 Å². The molecule has 0 N–H and O–H groups in total. The van der Waals surface area contributed by atoms with E-state index in [0.717, 1.165) is 32.0 Å². The van der Waals surface area contributed by atoms with Crippen LogP contribution < -0.4 is 0 Å². The molecule has 1 aliphatic rings. The summed E-state index contributed by atoms with van der Waals surface area (Å²) in [7, 11) is 1.60. The third kappa shape index (κ3) is 2.41. The quantitative estimate of drug-likeness (QED) is 0.500. The fraction of sp³-hybridized carbons (Fsp3) is 0.818. The van der Waals surface area contributed by atoms with E-state index in [2.05, 4.69) is 0 Å². The van der Waals surface area contributed by atoms with Gasteiger partial charge in [-0.3, -0.25) is 4.79 Å². The number of rotatable bonds is 5. The first-order valence-corrected chi connectivity index (χ1v) is 5.27. The molecule has 0 aromatic carbocycles. The molecule has 0 spiro atoms. The van der Waals surface area contributed by atoms with E-state index in [9.17, 15) is 9.59 Å². The average molecular weight is 198 g/mol. The van der Waals surface area contributed by atoms with Crippen molar-refractivity contribution in [2.75, 3.05) is 7.11 Å². The summed E-state index contributed by atoms with van der Waals surface area (Å²) in [5.74, 6) is 0.220. The standard InChI is InChI=1S/C11H18O3/c1-14-11(8-4-5-9-12)7-3-2-6-10(11)13/h9H,2-8H2,1H3/t11-/m0/s1. The molecule has 0 heterocycles. The van der Waals surface area contributed by atoms with E-state index < -0.39 is 5.60 Å². The predicted octanol–water partition coefficient (Wildman–Crippen LogP) is 1.88. The first kappa shape index (κ1) is 11.4. The summed E-state index contributed by atoms with van der Waals surface area (Å²) < 4.78 is 5.37. The van der Waals surface area contributed by atoms with Crippen LogP contribution in [0.2, 0.25) is 0 Å². The lowest BCUT2D eigenvalue weighted by Crippen LogP contribution is -2.43. The molecule has 0 aliphatic heterocycles. The third-order valence-corrected chi connectivity index (χ3v) is 3.04. The molecule has 0 aromatic rings. The zero-order valence-corrected chi connectivity index (χ0v) is 8.75. The van der Waals surface area contributed by atoms with Gasteiger partial charge in [-0.1, -0.05) is 0 Å². The van der Waals surface area contributed by atoms with Gasteiger partial charge in [0.2, 0.25) is 0 Å². The number of unbranched alkanes of at least 4 members (excludes halogenated alkanes) is 1. The van der Waals surface area contributed by atoms with Crippen LogP contribution in [-0.2, 0) is 14.3 Å². The summed E-state index contributed by atoms with van der Waals surface area (Å²) in [6.07, 6.45) is 6.37.